The Kier molecular flexibility index (Phi) is 7.54. The van der Waals surface area contributed by atoms with Crippen LogP contribution in [-0.4, -0.2) is 62.6 Å². The van der Waals surface area contributed by atoms with Crippen molar-refractivity contribution in [3.05, 3.63) is 46.2 Å². The third-order valence-corrected chi connectivity index (χ3v) is 8.15. The number of nitrogens with zero attached hydrogens (tertiary/aromatic N) is 2. The van der Waals surface area contributed by atoms with Gasteiger partial charge in [-0.2, -0.15) is 0 Å². The lowest BCUT2D eigenvalue weighted by Gasteiger charge is -2.06. The Bertz CT molecular complexity index is 905. The Balaban J connectivity index is 1.69. The van der Waals surface area contributed by atoms with Crippen molar-refractivity contribution in [1.29, 1.82) is 0 Å². The van der Waals surface area contributed by atoms with Gasteiger partial charge in [0.2, 0.25) is 0 Å². The van der Waals surface area contributed by atoms with Gasteiger partial charge >= 0.3 is 0 Å². The van der Waals surface area contributed by atoms with E-state index in [1.165, 1.54) is 0 Å². The van der Waals surface area contributed by atoms with Gasteiger partial charge < -0.3 is 9.80 Å². The first-order chi connectivity index (χ1) is 13.8. The Morgan fingerprint density at radius 2 is 0.966 bits per heavy atom. The molecule has 0 fully saturated rings. The summed E-state index contributed by atoms with van der Waals surface area (Å²) in [5.41, 5.74) is 0. The lowest BCUT2D eigenvalue weighted by Crippen LogP contribution is -2.16. The van der Waals surface area contributed by atoms with E-state index < -0.39 is 0 Å². The molecule has 3 aromatic rings. The molecule has 0 N–H and O–H groups in total. The average molecular weight is 447 g/mol. The van der Waals surface area contributed by atoms with Crippen LogP contribution < -0.4 is 0 Å². The van der Waals surface area contributed by atoms with Crippen LogP contribution in [0.2, 0.25) is 0 Å². The summed E-state index contributed by atoms with van der Waals surface area (Å²) in [5.74, 6) is 0.400. The predicted octanol–water partition coefficient (Wildman–Crippen LogP) is 5.47. The standard InChI is InChI=1S/C22H26N2O2S3/c1-23(2)13-11-15(25)17-5-7-19(27-17)21-9-10-22(29-21)20-8-6-18(28-20)16(26)12-14-24(3)4/h5-10H,11-14H2,1-4H3. The molecule has 0 bridgehead atoms. The highest BCUT2D eigenvalue weighted by atomic mass is 32.1. The second-order valence-corrected chi connectivity index (χ2v) is 10.7. The van der Waals surface area contributed by atoms with Crippen molar-refractivity contribution in [1.82, 2.24) is 9.80 Å². The first-order valence-electron chi connectivity index (χ1n) is 9.49. The fourth-order valence-electron chi connectivity index (χ4n) is 2.74. The van der Waals surface area contributed by atoms with Crippen molar-refractivity contribution < 1.29 is 9.59 Å². The van der Waals surface area contributed by atoms with Crippen molar-refractivity contribution in [2.24, 2.45) is 0 Å². The summed E-state index contributed by atoms with van der Waals surface area (Å²) in [6.45, 7) is 1.53. The Morgan fingerprint density at radius 3 is 1.34 bits per heavy atom. The lowest BCUT2D eigenvalue weighted by molar-refractivity contribution is 0.0968. The maximum Gasteiger partial charge on any atom is 0.174 e. The molecule has 29 heavy (non-hydrogen) atoms. The number of Topliss-reactive ketones (excluding diaryl/α,β-unsaturated/α-hetero) is 2. The largest absolute Gasteiger partial charge is 0.309 e. The van der Waals surface area contributed by atoms with E-state index in [0.717, 1.165) is 42.4 Å². The number of ketones is 2. The highest BCUT2D eigenvalue weighted by Gasteiger charge is 2.15. The van der Waals surface area contributed by atoms with Gasteiger partial charge in [0.15, 0.2) is 11.6 Å². The van der Waals surface area contributed by atoms with Gasteiger partial charge in [-0.15, -0.1) is 34.0 Å². The summed E-state index contributed by atoms with van der Waals surface area (Å²) < 4.78 is 0. The van der Waals surface area contributed by atoms with E-state index in [9.17, 15) is 9.59 Å². The summed E-state index contributed by atoms with van der Waals surface area (Å²) >= 11 is 4.83. The molecule has 0 aliphatic rings. The Labute approximate surface area is 184 Å². The Hall–Kier alpha value is -1.64. The molecule has 0 unspecified atom stereocenters. The zero-order valence-corrected chi connectivity index (χ0v) is 19.7. The topological polar surface area (TPSA) is 40.6 Å². The Morgan fingerprint density at radius 1 is 0.621 bits per heavy atom. The molecule has 0 saturated heterocycles. The summed E-state index contributed by atoms with van der Waals surface area (Å²) in [6, 6.07) is 12.1. The highest BCUT2D eigenvalue weighted by Crippen LogP contribution is 2.40. The molecule has 0 aliphatic carbocycles. The van der Waals surface area contributed by atoms with E-state index in [1.54, 1.807) is 34.0 Å². The minimum Gasteiger partial charge on any atom is -0.309 e. The van der Waals surface area contributed by atoms with Crippen molar-refractivity contribution in [3.63, 3.8) is 0 Å². The summed E-state index contributed by atoms with van der Waals surface area (Å²) in [6.07, 6.45) is 1.09. The van der Waals surface area contributed by atoms with Gasteiger partial charge in [-0.3, -0.25) is 9.59 Å². The fraction of sp³-hybridized carbons (Fsp3) is 0.364. The molecule has 0 amide bonds. The van der Waals surface area contributed by atoms with E-state index in [-0.39, 0.29) is 11.6 Å². The first kappa shape index (κ1) is 22.1. The molecule has 0 atom stereocenters. The van der Waals surface area contributed by atoms with Crippen LogP contribution in [0.1, 0.15) is 32.2 Å². The van der Waals surface area contributed by atoms with Crippen LogP contribution >= 0.6 is 34.0 Å². The van der Waals surface area contributed by atoms with Crippen molar-refractivity contribution in [3.8, 4) is 19.5 Å². The normalized spacial score (nSPS) is 11.5. The third kappa shape index (κ3) is 5.93. The maximum absolute atomic E-state index is 12.3. The minimum atomic E-state index is 0.200. The fourth-order valence-corrected chi connectivity index (χ4v) is 5.87. The van der Waals surface area contributed by atoms with Crippen molar-refractivity contribution in [2.75, 3.05) is 41.3 Å². The smallest absolute Gasteiger partial charge is 0.174 e. The number of carbonyl (C=O) groups is 2. The molecule has 0 radical (unpaired) electrons. The van der Waals surface area contributed by atoms with Crippen LogP contribution in [0.15, 0.2) is 36.4 Å². The summed E-state index contributed by atoms with van der Waals surface area (Å²) in [7, 11) is 7.91. The molecular weight excluding hydrogens is 420 g/mol. The molecule has 0 aromatic carbocycles. The van der Waals surface area contributed by atoms with Gasteiger partial charge in [0.05, 0.1) is 9.75 Å². The highest BCUT2D eigenvalue weighted by molar-refractivity contribution is 7.27. The third-order valence-electron chi connectivity index (χ3n) is 4.43. The minimum absolute atomic E-state index is 0.200. The van der Waals surface area contributed by atoms with Crippen LogP contribution in [0.5, 0.6) is 0 Å². The average Bonchev–Trinajstić information content (AvgIpc) is 3.42. The van der Waals surface area contributed by atoms with E-state index in [1.807, 2.05) is 62.3 Å². The van der Waals surface area contributed by atoms with Crippen molar-refractivity contribution >= 4 is 45.6 Å². The van der Waals surface area contributed by atoms with Crippen LogP contribution in [-0.2, 0) is 0 Å². The van der Waals surface area contributed by atoms with Gasteiger partial charge in [-0.1, -0.05) is 0 Å². The zero-order chi connectivity index (χ0) is 21.0. The second kappa shape index (κ2) is 9.91. The molecule has 7 heteroatoms. The number of carbonyl (C=O) groups excluding carboxylic acids is 2. The number of rotatable bonds is 10. The molecule has 0 saturated carbocycles. The summed E-state index contributed by atoms with van der Waals surface area (Å²) in [5, 5.41) is 0. The monoisotopic (exact) mass is 446 g/mol. The number of hydrogen-bond acceptors (Lipinski definition) is 7. The van der Waals surface area contributed by atoms with E-state index in [0.29, 0.717) is 12.8 Å². The molecule has 3 aromatic heterocycles. The SMILES string of the molecule is CN(C)CCC(=O)c1ccc(-c2ccc(-c3ccc(C(=O)CCN(C)C)s3)s2)s1. The van der Waals surface area contributed by atoms with Crippen LogP contribution in [0, 0.1) is 0 Å². The second-order valence-electron chi connectivity index (χ2n) is 7.44. The quantitative estimate of drug-likeness (QED) is 0.387. The molecule has 4 nitrogen and oxygen atoms in total. The molecule has 3 rings (SSSR count). The van der Waals surface area contributed by atoms with Gasteiger partial charge in [-0.05, 0) is 64.6 Å². The van der Waals surface area contributed by atoms with E-state index in [2.05, 4.69) is 12.1 Å². The van der Waals surface area contributed by atoms with Gasteiger partial charge in [0.25, 0.3) is 0 Å². The predicted molar refractivity (Wildman–Crippen MR) is 126 cm³/mol. The lowest BCUT2D eigenvalue weighted by atomic mass is 10.2. The first-order valence-corrected chi connectivity index (χ1v) is 11.9. The van der Waals surface area contributed by atoms with Gasteiger partial charge in [0, 0.05) is 45.4 Å². The molecule has 154 valence electrons. The molecule has 0 spiro atoms. The number of hydrogen-bond donors (Lipinski definition) is 0. The molecule has 3 heterocycles. The molecular formula is C22H26N2O2S3. The van der Waals surface area contributed by atoms with E-state index in [4.69, 9.17) is 0 Å². The zero-order valence-electron chi connectivity index (χ0n) is 17.2. The summed E-state index contributed by atoms with van der Waals surface area (Å²) in [4.78, 5) is 34.9. The van der Waals surface area contributed by atoms with Gasteiger partial charge in [-0.25, -0.2) is 0 Å². The van der Waals surface area contributed by atoms with Crippen LogP contribution in [0.3, 0.4) is 0 Å². The van der Waals surface area contributed by atoms with Gasteiger partial charge in [0.1, 0.15) is 0 Å². The van der Waals surface area contributed by atoms with Crippen molar-refractivity contribution in [2.45, 2.75) is 12.8 Å². The molecule has 0 aliphatic heterocycles. The maximum atomic E-state index is 12.3. The number of thiophene rings is 3. The van der Waals surface area contributed by atoms with Crippen LogP contribution in [0.25, 0.3) is 19.5 Å². The van der Waals surface area contributed by atoms with E-state index >= 15 is 0 Å². The van der Waals surface area contributed by atoms with Crippen LogP contribution in [0.4, 0.5) is 0 Å².